The molecule has 290 valence electrons. The lowest BCUT2D eigenvalue weighted by Gasteiger charge is -2.31. The van der Waals surface area contributed by atoms with E-state index < -0.39 is 5.41 Å². The predicted octanol–water partition coefficient (Wildman–Crippen LogP) is 16.8. The summed E-state index contributed by atoms with van der Waals surface area (Å²) in [6.07, 6.45) is 0. The third-order valence-electron chi connectivity index (χ3n) is 14.4. The molecule has 0 fully saturated rings. The molecular formula is C63H38. The van der Waals surface area contributed by atoms with E-state index >= 15 is 0 Å². The molecule has 0 N–H and O–H groups in total. The van der Waals surface area contributed by atoms with E-state index in [4.69, 9.17) is 0 Å². The molecule has 2 aliphatic carbocycles. The van der Waals surface area contributed by atoms with Crippen LogP contribution in [0.3, 0.4) is 0 Å². The van der Waals surface area contributed by atoms with Crippen LogP contribution in [0, 0.1) is 0 Å². The molecule has 0 heterocycles. The molecule has 0 bridgehead atoms. The molecule has 14 rings (SSSR count). The Hall–Kier alpha value is -8.06. The van der Waals surface area contributed by atoms with Gasteiger partial charge < -0.3 is 0 Å². The molecule has 63 heavy (non-hydrogen) atoms. The Bertz CT molecular complexity index is 3790. The molecule has 1 spiro atoms. The van der Waals surface area contributed by atoms with Gasteiger partial charge in [0, 0.05) is 0 Å². The first kappa shape index (κ1) is 34.6. The van der Waals surface area contributed by atoms with E-state index in [1.807, 2.05) is 0 Å². The van der Waals surface area contributed by atoms with Gasteiger partial charge in [-0.2, -0.15) is 0 Å². The Morgan fingerprint density at radius 1 is 0.206 bits per heavy atom. The summed E-state index contributed by atoms with van der Waals surface area (Å²) >= 11 is 0. The highest BCUT2D eigenvalue weighted by molar-refractivity contribution is 6.23. The normalized spacial score (nSPS) is 13.2. The van der Waals surface area contributed by atoms with Gasteiger partial charge in [0.2, 0.25) is 0 Å². The second kappa shape index (κ2) is 13.0. The van der Waals surface area contributed by atoms with Gasteiger partial charge in [-0.15, -0.1) is 0 Å². The first-order chi connectivity index (χ1) is 31.3. The zero-order chi connectivity index (χ0) is 41.2. The van der Waals surface area contributed by atoms with E-state index in [2.05, 4.69) is 231 Å². The van der Waals surface area contributed by atoms with Crippen LogP contribution in [0.25, 0.3) is 109 Å². The van der Waals surface area contributed by atoms with E-state index in [9.17, 15) is 0 Å². The largest absolute Gasteiger partial charge is 0.0726 e. The molecule has 12 aromatic rings. The molecule has 0 heteroatoms. The number of hydrogen-bond acceptors (Lipinski definition) is 0. The minimum Gasteiger partial charge on any atom is -0.0619 e. The van der Waals surface area contributed by atoms with Crippen molar-refractivity contribution in [1.82, 2.24) is 0 Å². The minimum atomic E-state index is -0.454. The first-order valence-corrected chi connectivity index (χ1v) is 22.1. The van der Waals surface area contributed by atoms with Crippen molar-refractivity contribution in [2.24, 2.45) is 0 Å². The number of fused-ring (bicyclic) bond motifs is 16. The van der Waals surface area contributed by atoms with E-state index in [-0.39, 0.29) is 0 Å². The summed E-state index contributed by atoms with van der Waals surface area (Å²) in [5.41, 5.74) is 17.9. The summed E-state index contributed by atoms with van der Waals surface area (Å²) < 4.78 is 0. The molecule has 0 radical (unpaired) electrons. The lowest BCUT2D eigenvalue weighted by Crippen LogP contribution is -2.26. The maximum absolute atomic E-state index is 2.56. The number of hydrogen-bond donors (Lipinski definition) is 0. The fourth-order valence-electron chi connectivity index (χ4n) is 11.9. The molecule has 0 amide bonds. The fraction of sp³-hybridized carbons (Fsp3) is 0.0159. The summed E-state index contributed by atoms with van der Waals surface area (Å²) in [7, 11) is 0. The molecule has 0 saturated carbocycles. The Balaban J connectivity index is 1.01. The average Bonchev–Trinajstić information content (AvgIpc) is 3.81. The highest BCUT2D eigenvalue weighted by Crippen LogP contribution is 2.65. The van der Waals surface area contributed by atoms with Crippen molar-refractivity contribution in [3.05, 3.63) is 253 Å². The van der Waals surface area contributed by atoms with Gasteiger partial charge in [0.25, 0.3) is 0 Å². The highest BCUT2D eigenvalue weighted by atomic mass is 14.5. The maximum atomic E-state index is 2.56. The Morgan fingerprint density at radius 3 is 1.29 bits per heavy atom. The van der Waals surface area contributed by atoms with Crippen LogP contribution < -0.4 is 0 Å². The molecule has 12 aromatic carbocycles. The van der Waals surface area contributed by atoms with Crippen LogP contribution in [0.15, 0.2) is 231 Å². The van der Waals surface area contributed by atoms with Gasteiger partial charge >= 0.3 is 0 Å². The van der Waals surface area contributed by atoms with Crippen LogP contribution in [-0.2, 0) is 5.41 Å². The summed E-state index contributed by atoms with van der Waals surface area (Å²) in [5, 5.41) is 12.7. The predicted molar refractivity (Wildman–Crippen MR) is 267 cm³/mol. The van der Waals surface area contributed by atoms with Crippen LogP contribution >= 0.6 is 0 Å². The Labute approximate surface area is 366 Å². The van der Waals surface area contributed by atoms with Gasteiger partial charge in [0.05, 0.1) is 5.41 Å². The number of rotatable bonds is 3. The van der Waals surface area contributed by atoms with Crippen molar-refractivity contribution in [1.29, 1.82) is 0 Å². The highest BCUT2D eigenvalue weighted by Gasteiger charge is 2.52. The monoisotopic (exact) mass is 794 g/mol. The van der Waals surface area contributed by atoms with Crippen LogP contribution in [0.2, 0.25) is 0 Å². The Kier molecular flexibility index (Phi) is 7.13. The van der Waals surface area contributed by atoms with Crippen LogP contribution in [0.5, 0.6) is 0 Å². The van der Waals surface area contributed by atoms with Crippen molar-refractivity contribution in [3.8, 4) is 55.6 Å². The molecule has 0 saturated heterocycles. The van der Waals surface area contributed by atoms with Gasteiger partial charge in [-0.05, 0) is 150 Å². The second-order valence-electron chi connectivity index (χ2n) is 17.4. The lowest BCUT2D eigenvalue weighted by molar-refractivity contribution is 0.796. The number of benzene rings is 12. The summed E-state index contributed by atoms with van der Waals surface area (Å²) in [6.45, 7) is 0. The molecular weight excluding hydrogens is 757 g/mol. The SMILES string of the molecule is c1ccc2c(c1)-c1ccccc1C21c2cc3ccccc3cc2-c2c1cc(-c1ccc(-c3c4ccccc4c(-c4cccc5ccccc45)c4ccccc34)cc1)c1ccccc21. The average molecular weight is 795 g/mol. The molecule has 0 atom stereocenters. The molecule has 0 nitrogen and oxygen atoms in total. The van der Waals surface area contributed by atoms with Crippen molar-refractivity contribution in [3.63, 3.8) is 0 Å². The van der Waals surface area contributed by atoms with E-state index in [1.54, 1.807) is 0 Å². The van der Waals surface area contributed by atoms with Crippen molar-refractivity contribution in [2.45, 2.75) is 5.41 Å². The summed E-state index contributed by atoms with van der Waals surface area (Å²) in [6, 6.07) is 86.7. The van der Waals surface area contributed by atoms with Crippen molar-refractivity contribution < 1.29 is 0 Å². The van der Waals surface area contributed by atoms with E-state index in [1.165, 1.54) is 132 Å². The van der Waals surface area contributed by atoms with Crippen molar-refractivity contribution in [2.75, 3.05) is 0 Å². The second-order valence-corrected chi connectivity index (χ2v) is 17.4. The summed E-state index contributed by atoms with van der Waals surface area (Å²) in [4.78, 5) is 0. The zero-order valence-electron chi connectivity index (χ0n) is 34.4. The third-order valence-corrected chi connectivity index (χ3v) is 14.4. The third kappa shape index (κ3) is 4.65. The zero-order valence-corrected chi connectivity index (χ0v) is 34.4. The molecule has 2 aliphatic rings. The van der Waals surface area contributed by atoms with Gasteiger partial charge in [-0.25, -0.2) is 0 Å². The minimum absolute atomic E-state index is 0.454. The smallest absolute Gasteiger partial charge is 0.0619 e. The Morgan fingerprint density at radius 2 is 0.651 bits per heavy atom. The maximum Gasteiger partial charge on any atom is 0.0726 e. The first-order valence-electron chi connectivity index (χ1n) is 22.1. The van der Waals surface area contributed by atoms with Gasteiger partial charge in [-0.3, -0.25) is 0 Å². The van der Waals surface area contributed by atoms with Crippen molar-refractivity contribution >= 4 is 53.9 Å². The van der Waals surface area contributed by atoms with Crippen LogP contribution in [0.4, 0.5) is 0 Å². The van der Waals surface area contributed by atoms with E-state index in [0.29, 0.717) is 0 Å². The van der Waals surface area contributed by atoms with Gasteiger partial charge in [0.15, 0.2) is 0 Å². The lowest BCUT2D eigenvalue weighted by atomic mass is 9.69. The van der Waals surface area contributed by atoms with E-state index in [0.717, 1.165) is 0 Å². The fourth-order valence-corrected chi connectivity index (χ4v) is 11.9. The molecule has 0 aliphatic heterocycles. The summed E-state index contributed by atoms with van der Waals surface area (Å²) in [5.74, 6) is 0. The van der Waals surface area contributed by atoms with Crippen LogP contribution in [-0.4, -0.2) is 0 Å². The quantitative estimate of drug-likeness (QED) is 0.156. The van der Waals surface area contributed by atoms with Crippen LogP contribution in [0.1, 0.15) is 22.3 Å². The van der Waals surface area contributed by atoms with Gasteiger partial charge in [-0.1, -0.05) is 212 Å². The van der Waals surface area contributed by atoms with Gasteiger partial charge in [0.1, 0.15) is 0 Å². The topological polar surface area (TPSA) is 0 Å². The standard InChI is InChI=1S/C63H38/c1-2-18-43-37-58-55(36-42(43)17-1)62-49-24-6-5-21-45(49)54(38-59(62)63(58)56-30-13-11-22-46(56)47-23-12-14-31-57(47)63)40-32-34-41(35-33-40)60-50-25-7-9-27-52(50)61(53-28-10-8-26-51(53)60)48-29-15-19-39-16-3-4-20-44(39)48/h1-38H. The molecule has 0 aromatic heterocycles. The molecule has 0 unspecified atom stereocenters.